The maximum atomic E-state index is 14.1. The topological polar surface area (TPSA) is 152 Å². The number of anilines is 2. The lowest BCUT2D eigenvalue weighted by atomic mass is 9.90. The largest absolute Gasteiger partial charge is 0.468 e. The minimum absolute atomic E-state index is 0.0640. The predicted octanol–water partition coefficient (Wildman–Crippen LogP) is 4.47. The number of hydrogen-bond donors (Lipinski definition) is 1. The van der Waals surface area contributed by atoms with Crippen LogP contribution in [0.4, 0.5) is 16.6 Å². The van der Waals surface area contributed by atoms with E-state index < -0.39 is 0 Å². The van der Waals surface area contributed by atoms with Crippen molar-refractivity contribution in [2.45, 2.75) is 50.4 Å². The van der Waals surface area contributed by atoms with Crippen LogP contribution < -0.4 is 19.7 Å². The summed E-state index contributed by atoms with van der Waals surface area (Å²) in [6, 6.07) is 16.0. The van der Waals surface area contributed by atoms with Gasteiger partial charge in [0.05, 0.1) is 26.5 Å². The van der Waals surface area contributed by atoms with Gasteiger partial charge in [-0.2, -0.15) is 10.2 Å². The van der Waals surface area contributed by atoms with Crippen LogP contribution in [0.2, 0.25) is 0 Å². The Bertz CT molecular complexity index is 1650. The van der Waals surface area contributed by atoms with Gasteiger partial charge in [0.2, 0.25) is 11.8 Å². The van der Waals surface area contributed by atoms with Gasteiger partial charge >= 0.3 is 12.0 Å². The fourth-order valence-electron chi connectivity index (χ4n) is 5.52. The Kier molecular flexibility index (Phi) is 9.45. The van der Waals surface area contributed by atoms with Crippen LogP contribution in [-0.4, -0.2) is 81.4 Å². The molecule has 4 aromatic rings. The van der Waals surface area contributed by atoms with Gasteiger partial charge in [0.25, 0.3) is 0 Å². The zero-order valence-electron chi connectivity index (χ0n) is 25.7. The van der Waals surface area contributed by atoms with Crippen molar-refractivity contribution in [1.82, 2.24) is 29.8 Å². The van der Waals surface area contributed by atoms with Crippen molar-refractivity contribution in [2.24, 2.45) is 0 Å². The molecule has 1 aliphatic carbocycles. The molecule has 1 aromatic carbocycles. The van der Waals surface area contributed by atoms with E-state index in [1.807, 2.05) is 54.4 Å². The molecule has 0 atom stereocenters. The lowest BCUT2D eigenvalue weighted by Gasteiger charge is -2.38. The molecular formula is C33H35N9O4. The molecule has 1 saturated heterocycles. The third-order valence-corrected chi connectivity index (χ3v) is 8.09. The first-order valence-corrected chi connectivity index (χ1v) is 15.2. The first kappa shape index (κ1) is 30.7. The van der Waals surface area contributed by atoms with Crippen LogP contribution in [-0.2, 0) is 11.3 Å². The van der Waals surface area contributed by atoms with Crippen molar-refractivity contribution in [2.75, 3.05) is 37.6 Å². The standard InChI is InChI=1S/C33H35N9O4/c1-41(19-22-6-4-3-5-7-22)33(43)42(29-13-8-23(15-35-29)25-17-37-32(44-2)38-18-25)27-11-9-26(10-12-27)39-31-36-16-24(14-34)30(40-31)46-28-20-45-21-28/h3-8,13,15-18,26-28H,9-12,19-21H2,1-2H3,(H,36,39,40). The van der Waals surface area contributed by atoms with E-state index in [0.717, 1.165) is 42.4 Å². The van der Waals surface area contributed by atoms with Crippen molar-refractivity contribution >= 4 is 17.8 Å². The Morgan fingerprint density at radius 2 is 1.72 bits per heavy atom. The van der Waals surface area contributed by atoms with E-state index >= 15 is 0 Å². The minimum Gasteiger partial charge on any atom is -0.468 e. The van der Waals surface area contributed by atoms with E-state index in [1.165, 1.54) is 13.3 Å². The summed E-state index contributed by atoms with van der Waals surface area (Å²) in [6.07, 6.45) is 9.54. The van der Waals surface area contributed by atoms with Crippen LogP contribution in [0.15, 0.2) is 67.3 Å². The van der Waals surface area contributed by atoms with E-state index in [-0.39, 0.29) is 35.7 Å². The van der Waals surface area contributed by atoms with Crippen LogP contribution in [0.5, 0.6) is 11.9 Å². The molecule has 1 saturated carbocycles. The summed E-state index contributed by atoms with van der Waals surface area (Å²) in [7, 11) is 3.34. The molecule has 13 nitrogen and oxygen atoms in total. The number of benzene rings is 1. The summed E-state index contributed by atoms with van der Waals surface area (Å²) < 4.78 is 16.1. The van der Waals surface area contributed by atoms with Gasteiger partial charge in [0.15, 0.2) is 0 Å². The normalized spacial score (nSPS) is 17.7. The van der Waals surface area contributed by atoms with E-state index in [0.29, 0.717) is 37.5 Å². The number of carbonyl (C=O) groups excluding carboxylic acids is 1. The second-order valence-corrected chi connectivity index (χ2v) is 11.3. The van der Waals surface area contributed by atoms with Crippen LogP contribution in [0, 0.1) is 11.3 Å². The Morgan fingerprint density at radius 3 is 2.35 bits per heavy atom. The molecule has 46 heavy (non-hydrogen) atoms. The van der Waals surface area contributed by atoms with Crippen molar-refractivity contribution in [3.63, 3.8) is 0 Å². The number of amides is 2. The Morgan fingerprint density at radius 1 is 0.978 bits per heavy atom. The third-order valence-electron chi connectivity index (χ3n) is 8.09. The van der Waals surface area contributed by atoms with Gasteiger partial charge in [-0.1, -0.05) is 30.3 Å². The summed E-state index contributed by atoms with van der Waals surface area (Å²) in [5, 5.41) is 12.9. The second kappa shape index (κ2) is 14.2. The molecule has 0 spiro atoms. The first-order valence-electron chi connectivity index (χ1n) is 15.2. The second-order valence-electron chi connectivity index (χ2n) is 11.3. The first-order chi connectivity index (χ1) is 22.5. The van der Waals surface area contributed by atoms with E-state index in [1.54, 1.807) is 23.5 Å². The van der Waals surface area contributed by atoms with Gasteiger partial charge in [-0.15, -0.1) is 0 Å². The number of carbonyl (C=O) groups is 1. The summed E-state index contributed by atoms with van der Waals surface area (Å²) in [6.45, 7) is 1.43. The minimum atomic E-state index is -0.120. The smallest absolute Gasteiger partial charge is 0.325 e. The zero-order chi connectivity index (χ0) is 31.9. The monoisotopic (exact) mass is 621 g/mol. The molecule has 2 amide bonds. The number of nitrogens with zero attached hydrogens (tertiary/aromatic N) is 8. The maximum Gasteiger partial charge on any atom is 0.325 e. The fourth-order valence-corrected chi connectivity index (χ4v) is 5.52. The van der Waals surface area contributed by atoms with Gasteiger partial charge in [0.1, 0.15) is 23.6 Å². The number of nitrogens with one attached hydrogen (secondary N) is 1. The Labute approximate surface area is 267 Å². The lowest BCUT2D eigenvalue weighted by molar-refractivity contribution is -0.0814. The molecule has 13 heteroatoms. The molecule has 236 valence electrons. The summed E-state index contributed by atoms with van der Waals surface area (Å²) >= 11 is 0. The van der Waals surface area contributed by atoms with Gasteiger partial charge in [-0.05, 0) is 43.4 Å². The Balaban J connectivity index is 1.17. The molecule has 1 aliphatic heterocycles. The van der Waals surface area contributed by atoms with Gasteiger partial charge in [0, 0.05) is 55.4 Å². The number of nitriles is 1. The molecule has 3 aromatic heterocycles. The van der Waals surface area contributed by atoms with Crippen molar-refractivity contribution in [3.05, 3.63) is 78.4 Å². The predicted molar refractivity (Wildman–Crippen MR) is 169 cm³/mol. The van der Waals surface area contributed by atoms with Crippen LogP contribution in [0.25, 0.3) is 11.1 Å². The van der Waals surface area contributed by atoms with Crippen LogP contribution >= 0.6 is 0 Å². The molecular weight excluding hydrogens is 586 g/mol. The van der Waals surface area contributed by atoms with Crippen LogP contribution in [0.3, 0.4) is 0 Å². The third kappa shape index (κ3) is 7.13. The number of urea groups is 1. The van der Waals surface area contributed by atoms with Crippen molar-refractivity contribution < 1.29 is 19.0 Å². The summed E-state index contributed by atoms with van der Waals surface area (Å²) in [5.74, 6) is 1.25. The van der Waals surface area contributed by atoms with Gasteiger partial charge in [-0.3, -0.25) is 4.90 Å². The summed E-state index contributed by atoms with van der Waals surface area (Å²) in [4.78, 5) is 39.5. The summed E-state index contributed by atoms with van der Waals surface area (Å²) in [5.41, 5.74) is 2.96. The number of rotatable bonds is 10. The molecule has 0 bridgehead atoms. The average Bonchev–Trinajstić information content (AvgIpc) is 3.08. The highest BCUT2D eigenvalue weighted by Crippen LogP contribution is 2.31. The quantitative estimate of drug-likeness (QED) is 0.267. The Hall–Kier alpha value is -5.35. The van der Waals surface area contributed by atoms with Gasteiger partial charge in [-0.25, -0.2) is 24.7 Å². The molecule has 0 radical (unpaired) electrons. The zero-order valence-corrected chi connectivity index (χ0v) is 25.7. The van der Waals surface area contributed by atoms with Crippen molar-refractivity contribution in [3.8, 4) is 29.1 Å². The van der Waals surface area contributed by atoms with Crippen LogP contribution in [0.1, 0.15) is 36.8 Å². The lowest BCUT2D eigenvalue weighted by Crippen LogP contribution is -2.49. The number of methoxy groups -OCH3 is 1. The molecule has 4 heterocycles. The highest BCUT2D eigenvalue weighted by atomic mass is 16.6. The van der Waals surface area contributed by atoms with E-state index in [9.17, 15) is 10.1 Å². The average molecular weight is 622 g/mol. The number of hydrogen-bond acceptors (Lipinski definition) is 11. The highest BCUT2D eigenvalue weighted by Gasteiger charge is 2.33. The molecule has 0 unspecified atom stereocenters. The van der Waals surface area contributed by atoms with Crippen molar-refractivity contribution in [1.29, 1.82) is 5.26 Å². The molecule has 2 fully saturated rings. The van der Waals surface area contributed by atoms with E-state index in [2.05, 4.69) is 31.3 Å². The highest BCUT2D eigenvalue weighted by molar-refractivity contribution is 5.91. The molecule has 6 rings (SSSR count). The fraction of sp³-hybridized carbons (Fsp3) is 0.364. The number of pyridine rings is 1. The van der Waals surface area contributed by atoms with E-state index in [4.69, 9.17) is 19.2 Å². The number of aromatic nitrogens is 5. The number of ether oxygens (including phenoxy) is 3. The SMILES string of the molecule is COc1ncc(-c2ccc(N(C(=O)N(C)Cc3ccccc3)C3CCC(Nc4ncc(C#N)c(OC5COC5)n4)CC3)nc2)cn1. The maximum absolute atomic E-state index is 14.1. The molecule has 2 aliphatic rings. The molecule has 1 N–H and O–H groups in total. The van der Waals surface area contributed by atoms with Gasteiger partial charge < -0.3 is 24.4 Å².